The Balaban J connectivity index is 1.62. The van der Waals surface area contributed by atoms with Crippen LogP contribution in [0.15, 0.2) is 42.7 Å². The Morgan fingerprint density at radius 2 is 2.08 bits per heavy atom. The SMILES string of the molecule is CC(C)c1cc(C(=O)N2CCN[C@@H](c3ccccc3)C2)nc2ncnn12. The van der Waals surface area contributed by atoms with E-state index in [1.54, 1.807) is 4.52 Å². The molecular formula is C19H22N6O. The third-order valence-electron chi connectivity index (χ3n) is 4.75. The van der Waals surface area contributed by atoms with Gasteiger partial charge in [0.15, 0.2) is 0 Å². The van der Waals surface area contributed by atoms with Crippen LogP contribution in [0.1, 0.15) is 47.6 Å². The number of hydrogen-bond donors (Lipinski definition) is 1. The van der Waals surface area contributed by atoms with E-state index in [0.29, 0.717) is 24.6 Å². The van der Waals surface area contributed by atoms with Gasteiger partial charge in [0.1, 0.15) is 12.0 Å². The van der Waals surface area contributed by atoms with E-state index in [1.807, 2.05) is 29.2 Å². The zero-order valence-corrected chi connectivity index (χ0v) is 15.0. The van der Waals surface area contributed by atoms with Crippen molar-refractivity contribution in [3.05, 3.63) is 59.7 Å². The Morgan fingerprint density at radius 1 is 1.27 bits per heavy atom. The molecule has 1 atom stereocenters. The van der Waals surface area contributed by atoms with Crippen LogP contribution in [-0.4, -0.2) is 50.0 Å². The number of carbonyl (C=O) groups excluding carboxylic acids is 1. The fraction of sp³-hybridized carbons (Fsp3) is 0.368. The molecule has 1 N–H and O–H groups in total. The van der Waals surface area contributed by atoms with Gasteiger partial charge in [-0.2, -0.15) is 10.1 Å². The Labute approximate surface area is 152 Å². The largest absolute Gasteiger partial charge is 0.334 e. The number of amides is 1. The third kappa shape index (κ3) is 3.06. The second-order valence-electron chi connectivity index (χ2n) is 6.86. The van der Waals surface area contributed by atoms with E-state index in [-0.39, 0.29) is 17.9 Å². The highest BCUT2D eigenvalue weighted by molar-refractivity contribution is 5.93. The first-order valence-corrected chi connectivity index (χ1v) is 8.92. The molecule has 134 valence electrons. The van der Waals surface area contributed by atoms with E-state index in [1.165, 1.54) is 11.9 Å². The van der Waals surface area contributed by atoms with Crippen molar-refractivity contribution in [1.82, 2.24) is 29.8 Å². The van der Waals surface area contributed by atoms with Crippen molar-refractivity contribution < 1.29 is 4.79 Å². The Kier molecular flexibility index (Phi) is 4.38. The van der Waals surface area contributed by atoms with Gasteiger partial charge in [-0.15, -0.1) is 0 Å². The van der Waals surface area contributed by atoms with Crippen molar-refractivity contribution >= 4 is 11.7 Å². The van der Waals surface area contributed by atoms with Crippen LogP contribution in [0.5, 0.6) is 0 Å². The number of piperazine rings is 1. The molecule has 0 unspecified atom stereocenters. The summed E-state index contributed by atoms with van der Waals surface area (Å²) in [6, 6.07) is 12.2. The van der Waals surface area contributed by atoms with E-state index in [0.717, 1.165) is 12.2 Å². The highest BCUT2D eigenvalue weighted by atomic mass is 16.2. The smallest absolute Gasteiger partial charge is 0.272 e. The summed E-state index contributed by atoms with van der Waals surface area (Å²) in [5.41, 5.74) is 2.56. The number of fused-ring (bicyclic) bond motifs is 1. The normalized spacial score (nSPS) is 17.8. The summed E-state index contributed by atoms with van der Waals surface area (Å²) in [7, 11) is 0. The molecule has 4 rings (SSSR count). The Morgan fingerprint density at radius 3 is 2.85 bits per heavy atom. The Hall–Kier alpha value is -2.80. The van der Waals surface area contributed by atoms with Crippen LogP contribution in [0.2, 0.25) is 0 Å². The average Bonchev–Trinajstić information content (AvgIpc) is 3.16. The van der Waals surface area contributed by atoms with Gasteiger partial charge in [-0.1, -0.05) is 44.2 Å². The maximum atomic E-state index is 13.1. The molecule has 1 aliphatic heterocycles. The summed E-state index contributed by atoms with van der Waals surface area (Å²) in [6.45, 7) is 6.19. The van der Waals surface area contributed by atoms with Crippen molar-refractivity contribution in [2.75, 3.05) is 19.6 Å². The fourth-order valence-electron chi connectivity index (χ4n) is 3.36. The number of benzene rings is 1. The Bertz CT molecular complexity index is 920. The summed E-state index contributed by atoms with van der Waals surface area (Å²) >= 11 is 0. The molecule has 0 radical (unpaired) electrons. The van der Waals surface area contributed by atoms with Crippen LogP contribution in [0, 0.1) is 0 Å². The molecule has 7 heteroatoms. The molecule has 1 fully saturated rings. The van der Waals surface area contributed by atoms with Gasteiger partial charge in [-0.25, -0.2) is 9.50 Å². The van der Waals surface area contributed by atoms with Crippen LogP contribution >= 0.6 is 0 Å². The van der Waals surface area contributed by atoms with Crippen molar-refractivity contribution in [1.29, 1.82) is 0 Å². The summed E-state index contributed by atoms with van der Waals surface area (Å²) in [5, 5.41) is 7.70. The predicted molar refractivity (Wildman–Crippen MR) is 98.0 cm³/mol. The first-order valence-electron chi connectivity index (χ1n) is 8.92. The molecule has 0 spiro atoms. The van der Waals surface area contributed by atoms with Gasteiger partial charge in [-0.3, -0.25) is 4.79 Å². The van der Waals surface area contributed by atoms with E-state index in [4.69, 9.17) is 0 Å². The van der Waals surface area contributed by atoms with Gasteiger partial charge in [0.05, 0.1) is 5.69 Å². The molecule has 0 aliphatic carbocycles. The lowest BCUT2D eigenvalue weighted by atomic mass is 10.0. The summed E-state index contributed by atoms with van der Waals surface area (Å²) in [6.07, 6.45) is 1.47. The molecule has 1 aromatic carbocycles. The van der Waals surface area contributed by atoms with Crippen LogP contribution in [-0.2, 0) is 0 Å². The van der Waals surface area contributed by atoms with Crippen LogP contribution in [0.4, 0.5) is 0 Å². The highest BCUT2D eigenvalue weighted by Crippen LogP contribution is 2.20. The number of aromatic nitrogens is 4. The van der Waals surface area contributed by atoms with Crippen molar-refractivity contribution in [3.8, 4) is 0 Å². The molecule has 1 aliphatic rings. The van der Waals surface area contributed by atoms with Gasteiger partial charge < -0.3 is 10.2 Å². The molecule has 2 aromatic heterocycles. The van der Waals surface area contributed by atoms with Crippen molar-refractivity contribution in [3.63, 3.8) is 0 Å². The second-order valence-corrected chi connectivity index (χ2v) is 6.86. The van der Waals surface area contributed by atoms with Crippen LogP contribution in [0.25, 0.3) is 5.78 Å². The number of rotatable bonds is 3. The standard InChI is InChI=1S/C19H22N6O/c1-13(2)17-10-15(23-19-21-12-22-25(17)19)18(26)24-9-8-20-16(11-24)14-6-4-3-5-7-14/h3-7,10,12-13,16,20H,8-9,11H2,1-2H3/t16-/m1/s1. The van der Waals surface area contributed by atoms with E-state index >= 15 is 0 Å². The van der Waals surface area contributed by atoms with Gasteiger partial charge in [0.25, 0.3) is 11.7 Å². The minimum atomic E-state index is -0.0557. The average molecular weight is 350 g/mol. The minimum Gasteiger partial charge on any atom is -0.334 e. The van der Waals surface area contributed by atoms with E-state index in [2.05, 4.69) is 46.4 Å². The van der Waals surface area contributed by atoms with Gasteiger partial charge in [0, 0.05) is 25.7 Å². The molecule has 0 saturated carbocycles. The van der Waals surface area contributed by atoms with Gasteiger partial charge in [-0.05, 0) is 17.5 Å². The van der Waals surface area contributed by atoms with E-state index in [9.17, 15) is 4.79 Å². The molecule has 7 nitrogen and oxygen atoms in total. The lowest BCUT2D eigenvalue weighted by molar-refractivity contribution is 0.0697. The number of nitrogens with zero attached hydrogens (tertiary/aromatic N) is 5. The molecule has 1 amide bonds. The van der Waals surface area contributed by atoms with Crippen LogP contribution < -0.4 is 5.32 Å². The predicted octanol–water partition coefficient (Wildman–Crippen LogP) is 2.03. The van der Waals surface area contributed by atoms with Crippen molar-refractivity contribution in [2.45, 2.75) is 25.8 Å². The molecular weight excluding hydrogens is 328 g/mol. The van der Waals surface area contributed by atoms with Crippen LogP contribution in [0.3, 0.4) is 0 Å². The zero-order valence-electron chi connectivity index (χ0n) is 15.0. The maximum absolute atomic E-state index is 13.1. The molecule has 26 heavy (non-hydrogen) atoms. The lowest BCUT2D eigenvalue weighted by Gasteiger charge is -2.34. The van der Waals surface area contributed by atoms with E-state index < -0.39 is 0 Å². The number of nitrogens with one attached hydrogen (secondary N) is 1. The van der Waals surface area contributed by atoms with Gasteiger partial charge in [0.2, 0.25) is 0 Å². The maximum Gasteiger partial charge on any atom is 0.272 e. The number of carbonyl (C=O) groups is 1. The lowest BCUT2D eigenvalue weighted by Crippen LogP contribution is -2.48. The number of hydrogen-bond acceptors (Lipinski definition) is 5. The fourth-order valence-corrected chi connectivity index (χ4v) is 3.36. The monoisotopic (exact) mass is 350 g/mol. The second kappa shape index (κ2) is 6.84. The molecule has 3 heterocycles. The third-order valence-corrected chi connectivity index (χ3v) is 4.75. The summed E-state index contributed by atoms with van der Waals surface area (Å²) < 4.78 is 1.70. The topological polar surface area (TPSA) is 75.4 Å². The molecule has 0 bridgehead atoms. The van der Waals surface area contributed by atoms with Gasteiger partial charge >= 0.3 is 0 Å². The quantitative estimate of drug-likeness (QED) is 0.782. The summed E-state index contributed by atoms with van der Waals surface area (Å²) in [5.74, 6) is 0.628. The molecule has 3 aromatic rings. The minimum absolute atomic E-state index is 0.0557. The summed E-state index contributed by atoms with van der Waals surface area (Å²) in [4.78, 5) is 23.6. The first-order chi connectivity index (χ1) is 12.6. The van der Waals surface area contributed by atoms with Crippen molar-refractivity contribution in [2.24, 2.45) is 0 Å². The first kappa shape index (κ1) is 16.7. The highest BCUT2D eigenvalue weighted by Gasteiger charge is 2.27. The molecule has 1 saturated heterocycles. The zero-order chi connectivity index (χ0) is 18.1.